The highest BCUT2D eigenvalue weighted by molar-refractivity contribution is 9.09. The average molecular weight is 1590 g/mol. The van der Waals surface area contributed by atoms with Crippen molar-refractivity contribution in [1.82, 2.24) is 39.9 Å². The molecule has 19 rings (SSSR count). The number of nitrogens with one attached hydrogen (secondary N) is 4. The Kier molecular flexibility index (Phi) is 17.6. The van der Waals surface area contributed by atoms with Gasteiger partial charge in [-0.05, 0) is 199 Å². The highest BCUT2D eigenvalue weighted by Crippen LogP contribution is 2.44. The quantitative estimate of drug-likeness (QED) is 0.0665. The molecular weight excluding hydrogens is 1530 g/mol. The van der Waals surface area contributed by atoms with Gasteiger partial charge < -0.3 is 34.1 Å². The van der Waals surface area contributed by atoms with Gasteiger partial charge in [-0.15, -0.1) is 0 Å². The van der Waals surface area contributed by atoms with E-state index in [1.54, 1.807) is 0 Å². The Morgan fingerprint density at radius 3 is 0.685 bits per heavy atom. The van der Waals surface area contributed by atoms with Crippen molar-refractivity contribution in [3.05, 3.63) is 315 Å². The molecule has 14 aromatic rings. The molecule has 520 valence electrons. The second-order valence-corrected chi connectivity index (χ2v) is 29.1. The lowest BCUT2D eigenvalue weighted by atomic mass is 9.88. The first kappa shape index (κ1) is 66.5. The van der Waals surface area contributed by atoms with Crippen molar-refractivity contribution in [2.75, 3.05) is 35.8 Å². The predicted octanol–water partition coefficient (Wildman–Crippen LogP) is 24.2. The van der Waals surface area contributed by atoms with E-state index >= 15 is 0 Å². The van der Waals surface area contributed by atoms with Crippen LogP contribution < -0.4 is 14.2 Å². The van der Waals surface area contributed by atoms with E-state index in [1.165, 1.54) is 0 Å². The highest BCUT2D eigenvalue weighted by atomic mass is 79.9. The molecule has 4 N–H and O–H groups in total. The third-order valence-electron chi connectivity index (χ3n) is 20.4. The first-order valence-electron chi connectivity index (χ1n) is 36.0. The largest absolute Gasteiger partial charge is 0.493 e. The number of fused-ring (bicyclic) bond motifs is 18. The van der Waals surface area contributed by atoms with Crippen molar-refractivity contribution in [2.45, 2.75) is 0 Å². The molecule has 0 radical (unpaired) electrons. The summed E-state index contributed by atoms with van der Waals surface area (Å²) in [6.45, 7) is 1.62. The Labute approximate surface area is 646 Å². The number of nitrogens with zero attached hydrogens (tertiary/aromatic N) is 4. The molecule has 6 aromatic heterocycles. The van der Waals surface area contributed by atoms with E-state index in [4.69, 9.17) is 34.1 Å². The number of H-pyrrole nitrogens is 4. The number of hydrogen-bond donors (Lipinski definition) is 4. The van der Waals surface area contributed by atoms with Crippen molar-refractivity contribution in [1.29, 1.82) is 0 Å². The first-order chi connectivity index (χ1) is 53.4. The van der Waals surface area contributed by atoms with Gasteiger partial charge in [0.2, 0.25) is 0 Å². The summed E-state index contributed by atoms with van der Waals surface area (Å²) in [5, 5.41) is 6.63. The molecule has 16 bridgehead atoms. The number of alkyl halides is 3. The Hall–Kier alpha value is -12.2. The number of aromatic amines is 4. The number of halogens is 3. The van der Waals surface area contributed by atoms with E-state index in [-0.39, 0.29) is 0 Å². The van der Waals surface area contributed by atoms with Gasteiger partial charge in [-0.2, -0.15) is 0 Å². The van der Waals surface area contributed by atoms with Gasteiger partial charge in [0.25, 0.3) is 0 Å². The van der Waals surface area contributed by atoms with Crippen LogP contribution in [0.1, 0.15) is 45.6 Å². The zero-order valence-corrected chi connectivity index (χ0v) is 62.9. The second kappa shape index (κ2) is 28.6. The van der Waals surface area contributed by atoms with E-state index in [1.807, 2.05) is 36.4 Å². The zero-order chi connectivity index (χ0) is 72.2. The Balaban J connectivity index is 0.910. The molecule has 108 heavy (non-hydrogen) atoms. The smallest absolute Gasteiger partial charge is 0.119 e. The minimum Gasteiger partial charge on any atom is -0.493 e. The highest BCUT2D eigenvalue weighted by Gasteiger charge is 2.25. The van der Waals surface area contributed by atoms with E-state index in [0.29, 0.717) is 30.5 Å². The summed E-state index contributed by atoms with van der Waals surface area (Å²) in [6.07, 6.45) is 17.3. The summed E-state index contributed by atoms with van der Waals surface area (Å²) in [6, 6.07) is 87.5. The van der Waals surface area contributed by atoms with Gasteiger partial charge in [-0.1, -0.05) is 212 Å². The van der Waals surface area contributed by atoms with Crippen LogP contribution in [0.2, 0.25) is 0 Å². The summed E-state index contributed by atoms with van der Waals surface area (Å²) in [7, 11) is 0. The number of ether oxygens (including phenoxy) is 3. The van der Waals surface area contributed by atoms with Crippen LogP contribution in [0.15, 0.2) is 249 Å². The number of aromatic nitrogens is 8. The molecule has 14 heteroatoms. The van der Waals surface area contributed by atoms with Crippen molar-refractivity contribution in [2.24, 2.45) is 0 Å². The third kappa shape index (κ3) is 12.2. The standard InChI is InChI=1S/C94H65Br3N8O3/c95-50-53-106-62-28-22-59(23-29-62)88-75-38-40-77(100-75)89(60-24-30-63(31-25-60)107-54-51-96)79-44-48-83(104-79)94(84-49-45-80(105-84)90(78-41-39-76(88)101-78)61-26-32-64(33-27-61)108-55-52-97)68-21-11-19-66-65-18-10-20-67(91(65)92(66)68)93-81-46-42-73(102-81)86(57-14-6-2-7-15-57)71-36-34-69(98-71)85(56-12-4-1-5-13-56)70-35-37-72(99-70)87(58-16-8-3-9-17-58)74-43-47-82(93)103-74/h1-49,98,100,103,105H,50-55H2. The lowest BCUT2D eigenvalue weighted by molar-refractivity contribution is 0.345. The fourth-order valence-electron chi connectivity index (χ4n) is 15.7. The summed E-state index contributed by atoms with van der Waals surface area (Å²) < 4.78 is 18.4. The monoisotopic (exact) mass is 1590 g/mol. The molecular formula is C94H65Br3N8O3. The van der Waals surface area contributed by atoms with Gasteiger partial charge in [0, 0.05) is 105 Å². The number of hydrogen-bond acceptors (Lipinski definition) is 7. The SMILES string of the molecule is BrCCOc1ccc(-c2c3nc(c(-c4ccc(OCCBr)cc4)c4ccc([nH]4)c(-c4cccc5c4=c4c(-c6c7nc(c(-c8ccccc8)c8ccc([nH]8)c(-c8ccccc8)c8nc(c(-c9ccccc9)c9ccc6[nH]9)C=C8)C=C7)cccc4=5)c4nc(c(-c5ccc(OCCBr)cc5)c5ccc2[nH]5)C=C4)C=C3)cc1. The molecule has 4 aliphatic heterocycles. The van der Waals surface area contributed by atoms with Crippen molar-refractivity contribution in [3.8, 4) is 106 Å². The molecule has 0 unspecified atom stereocenters. The molecule has 0 saturated heterocycles. The lowest BCUT2D eigenvalue weighted by Crippen LogP contribution is -1.99. The summed E-state index contributed by atoms with van der Waals surface area (Å²) in [5.74, 6) is 2.34. The maximum absolute atomic E-state index is 6.15. The zero-order valence-electron chi connectivity index (χ0n) is 58.2. The van der Waals surface area contributed by atoms with E-state index in [0.717, 1.165) is 222 Å². The topological polar surface area (TPSA) is 142 Å². The van der Waals surface area contributed by atoms with Gasteiger partial charge in [-0.25, -0.2) is 19.9 Å². The van der Waals surface area contributed by atoms with Crippen LogP contribution in [0.25, 0.3) is 182 Å². The van der Waals surface area contributed by atoms with Crippen LogP contribution in [0.5, 0.6) is 17.2 Å². The second-order valence-electron chi connectivity index (χ2n) is 26.7. The number of benzene rings is 8. The summed E-state index contributed by atoms with van der Waals surface area (Å²) in [4.78, 5) is 38.9. The van der Waals surface area contributed by atoms with Gasteiger partial charge in [0.15, 0.2) is 0 Å². The summed E-state index contributed by atoms with van der Waals surface area (Å²) >= 11 is 10.6. The van der Waals surface area contributed by atoms with Crippen molar-refractivity contribution >= 4 is 141 Å². The van der Waals surface area contributed by atoms with E-state index in [2.05, 4.69) is 329 Å². The molecule has 0 fully saturated rings. The minimum atomic E-state index is 0.537. The van der Waals surface area contributed by atoms with Crippen LogP contribution in [0.3, 0.4) is 0 Å². The average Bonchev–Trinajstić information content (AvgIpc) is 1.15. The van der Waals surface area contributed by atoms with Gasteiger partial charge >= 0.3 is 0 Å². The Morgan fingerprint density at radius 1 is 0.222 bits per heavy atom. The van der Waals surface area contributed by atoms with Crippen molar-refractivity contribution < 1.29 is 14.2 Å². The lowest BCUT2D eigenvalue weighted by Gasteiger charge is -2.16. The van der Waals surface area contributed by atoms with E-state index in [9.17, 15) is 0 Å². The minimum absolute atomic E-state index is 0.537. The molecule has 5 aliphatic rings. The van der Waals surface area contributed by atoms with Crippen LogP contribution in [-0.4, -0.2) is 75.7 Å². The van der Waals surface area contributed by atoms with Crippen LogP contribution in [0.4, 0.5) is 0 Å². The van der Waals surface area contributed by atoms with Crippen LogP contribution in [0, 0.1) is 20.9 Å². The predicted molar refractivity (Wildman–Crippen MR) is 454 cm³/mol. The Morgan fingerprint density at radius 2 is 0.444 bits per heavy atom. The summed E-state index contributed by atoms with van der Waals surface area (Å²) in [5.41, 5.74) is 29.4. The molecule has 8 aromatic carbocycles. The van der Waals surface area contributed by atoms with Crippen LogP contribution in [-0.2, 0) is 0 Å². The van der Waals surface area contributed by atoms with Crippen LogP contribution >= 0.6 is 47.8 Å². The van der Waals surface area contributed by atoms with E-state index < -0.39 is 0 Å². The normalized spacial score (nSPS) is 12.3. The maximum atomic E-state index is 6.15. The molecule has 0 spiro atoms. The molecule has 0 atom stereocenters. The first-order valence-corrected chi connectivity index (χ1v) is 39.4. The third-order valence-corrected chi connectivity index (χ3v) is 21.3. The molecule has 11 nitrogen and oxygen atoms in total. The van der Waals surface area contributed by atoms with Crippen molar-refractivity contribution in [3.63, 3.8) is 0 Å². The maximum Gasteiger partial charge on any atom is 0.119 e. The van der Waals surface area contributed by atoms with Gasteiger partial charge in [0.1, 0.15) is 17.2 Å². The number of rotatable bonds is 17. The molecule has 1 aliphatic carbocycles. The molecule has 0 amide bonds. The molecule has 0 saturated carbocycles. The fraction of sp³-hybridized carbons (Fsp3) is 0.0638. The fourth-order valence-corrected chi connectivity index (χ4v) is 16.2. The van der Waals surface area contributed by atoms with Gasteiger partial charge in [-0.3, -0.25) is 0 Å². The van der Waals surface area contributed by atoms with Gasteiger partial charge in [0.05, 0.1) is 65.4 Å². The Bertz CT molecular complexity index is 6580. The molecule has 10 heterocycles.